The molecule has 0 aromatic heterocycles. The highest BCUT2D eigenvalue weighted by Gasteiger charge is 2.02. The minimum atomic E-state index is -0.00902. The molecule has 0 unspecified atom stereocenters. The molecule has 1 aromatic rings. The fraction of sp³-hybridized carbons (Fsp3) is 0.500. The molecule has 0 saturated carbocycles. The maximum Gasteiger partial charge on any atom is 0.224 e. The minimum Gasteiger partial charge on any atom is -0.399 e. The quantitative estimate of drug-likeness (QED) is 0.530. The number of benzene rings is 1. The van der Waals surface area contributed by atoms with Gasteiger partial charge in [-0.1, -0.05) is 0 Å². The Kier molecular flexibility index (Phi) is 7.62. The smallest absolute Gasteiger partial charge is 0.224 e. The van der Waals surface area contributed by atoms with Crippen LogP contribution < -0.4 is 11.1 Å². The third-order valence-electron chi connectivity index (χ3n) is 2.52. The van der Waals surface area contributed by atoms with Crippen LogP contribution in [0.1, 0.15) is 19.3 Å². The fourth-order valence-electron chi connectivity index (χ4n) is 1.53. The zero-order chi connectivity index (χ0) is 13.9. The van der Waals surface area contributed by atoms with E-state index in [0.29, 0.717) is 38.3 Å². The van der Waals surface area contributed by atoms with Crippen LogP contribution in [0.5, 0.6) is 0 Å². The molecule has 1 aromatic carbocycles. The standard InChI is InChI=1S/C14H22N2O3/c1-18-9-3-11-19-10-2-4-14(17)16-13-7-5-12(15)6-8-13/h5-8H,2-4,9-11,15H2,1H3,(H,16,17). The van der Waals surface area contributed by atoms with Crippen molar-refractivity contribution in [1.82, 2.24) is 0 Å². The highest BCUT2D eigenvalue weighted by molar-refractivity contribution is 5.90. The van der Waals surface area contributed by atoms with Crippen molar-refractivity contribution in [3.05, 3.63) is 24.3 Å². The molecule has 1 rings (SSSR count). The third kappa shape index (κ3) is 7.43. The van der Waals surface area contributed by atoms with Gasteiger partial charge in [-0.2, -0.15) is 0 Å². The van der Waals surface area contributed by atoms with Crippen molar-refractivity contribution in [3.8, 4) is 0 Å². The lowest BCUT2D eigenvalue weighted by Crippen LogP contribution is -2.12. The summed E-state index contributed by atoms with van der Waals surface area (Å²) in [6, 6.07) is 7.09. The van der Waals surface area contributed by atoms with Gasteiger partial charge in [0.2, 0.25) is 5.91 Å². The molecule has 3 N–H and O–H groups in total. The molecular weight excluding hydrogens is 244 g/mol. The Hall–Kier alpha value is -1.59. The Morgan fingerprint density at radius 3 is 2.53 bits per heavy atom. The van der Waals surface area contributed by atoms with Crippen LogP contribution in [-0.4, -0.2) is 32.8 Å². The summed E-state index contributed by atoms with van der Waals surface area (Å²) in [5.41, 5.74) is 7.01. The highest BCUT2D eigenvalue weighted by atomic mass is 16.5. The van der Waals surface area contributed by atoms with E-state index in [1.165, 1.54) is 0 Å². The Morgan fingerprint density at radius 2 is 1.84 bits per heavy atom. The largest absolute Gasteiger partial charge is 0.399 e. The summed E-state index contributed by atoms with van der Waals surface area (Å²) in [6.45, 7) is 1.98. The molecule has 0 atom stereocenters. The van der Waals surface area contributed by atoms with E-state index < -0.39 is 0 Å². The number of ether oxygens (including phenoxy) is 2. The molecule has 1 amide bonds. The van der Waals surface area contributed by atoms with Crippen molar-refractivity contribution < 1.29 is 14.3 Å². The molecule has 106 valence electrons. The SMILES string of the molecule is COCCCOCCCC(=O)Nc1ccc(N)cc1. The Balaban J connectivity index is 2.06. The first-order chi connectivity index (χ1) is 9.22. The number of hydrogen-bond acceptors (Lipinski definition) is 4. The second-order valence-electron chi connectivity index (χ2n) is 4.23. The average Bonchev–Trinajstić information content (AvgIpc) is 2.40. The van der Waals surface area contributed by atoms with Gasteiger partial charge >= 0.3 is 0 Å². The number of rotatable bonds is 9. The van der Waals surface area contributed by atoms with Gasteiger partial charge in [-0.05, 0) is 37.1 Å². The van der Waals surface area contributed by atoms with Crippen LogP contribution in [0, 0.1) is 0 Å². The van der Waals surface area contributed by atoms with E-state index in [1.54, 1.807) is 31.4 Å². The monoisotopic (exact) mass is 266 g/mol. The summed E-state index contributed by atoms with van der Waals surface area (Å²) >= 11 is 0. The zero-order valence-corrected chi connectivity index (χ0v) is 11.4. The van der Waals surface area contributed by atoms with Gasteiger partial charge in [0, 0.05) is 44.7 Å². The molecule has 0 fully saturated rings. The number of carbonyl (C=O) groups is 1. The molecule has 0 aliphatic heterocycles. The van der Waals surface area contributed by atoms with E-state index >= 15 is 0 Å². The van der Waals surface area contributed by atoms with Crippen molar-refractivity contribution in [2.75, 3.05) is 38.0 Å². The van der Waals surface area contributed by atoms with Crippen molar-refractivity contribution >= 4 is 17.3 Å². The summed E-state index contributed by atoms with van der Waals surface area (Å²) in [4.78, 5) is 11.6. The number of methoxy groups -OCH3 is 1. The van der Waals surface area contributed by atoms with E-state index in [2.05, 4.69) is 5.32 Å². The first kappa shape index (κ1) is 15.5. The molecule has 0 saturated heterocycles. The van der Waals surface area contributed by atoms with Gasteiger partial charge in [0.15, 0.2) is 0 Å². The Morgan fingerprint density at radius 1 is 1.16 bits per heavy atom. The number of hydrogen-bond donors (Lipinski definition) is 2. The molecule has 0 radical (unpaired) electrons. The normalized spacial score (nSPS) is 10.4. The summed E-state index contributed by atoms with van der Waals surface area (Å²) < 4.78 is 10.3. The predicted molar refractivity (Wildman–Crippen MR) is 76.0 cm³/mol. The first-order valence-electron chi connectivity index (χ1n) is 6.44. The molecule has 19 heavy (non-hydrogen) atoms. The van der Waals surface area contributed by atoms with Crippen molar-refractivity contribution in [2.24, 2.45) is 0 Å². The molecule has 0 aliphatic rings. The van der Waals surface area contributed by atoms with E-state index in [-0.39, 0.29) is 5.91 Å². The van der Waals surface area contributed by atoms with Gasteiger partial charge in [-0.15, -0.1) is 0 Å². The molecule has 5 heteroatoms. The van der Waals surface area contributed by atoms with E-state index in [4.69, 9.17) is 15.2 Å². The first-order valence-corrected chi connectivity index (χ1v) is 6.44. The molecule has 0 aliphatic carbocycles. The molecule has 0 bridgehead atoms. The van der Waals surface area contributed by atoms with Crippen LogP contribution >= 0.6 is 0 Å². The van der Waals surface area contributed by atoms with Gasteiger partial charge < -0.3 is 20.5 Å². The van der Waals surface area contributed by atoms with E-state index in [9.17, 15) is 4.79 Å². The van der Waals surface area contributed by atoms with E-state index in [1.807, 2.05) is 0 Å². The number of nitrogens with two attached hydrogens (primary N) is 1. The van der Waals surface area contributed by atoms with Crippen molar-refractivity contribution in [1.29, 1.82) is 0 Å². The topological polar surface area (TPSA) is 73.6 Å². The fourth-order valence-corrected chi connectivity index (χ4v) is 1.53. The summed E-state index contributed by atoms with van der Waals surface area (Å²) in [7, 11) is 1.67. The van der Waals surface area contributed by atoms with Crippen LogP contribution in [-0.2, 0) is 14.3 Å². The van der Waals surface area contributed by atoms with Crippen LogP contribution in [0.25, 0.3) is 0 Å². The van der Waals surface area contributed by atoms with Crippen LogP contribution in [0.2, 0.25) is 0 Å². The van der Waals surface area contributed by atoms with Gasteiger partial charge in [-0.3, -0.25) is 4.79 Å². The molecule has 0 spiro atoms. The zero-order valence-electron chi connectivity index (χ0n) is 11.4. The minimum absolute atomic E-state index is 0.00902. The lowest BCUT2D eigenvalue weighted by molar-refractivity contribution is -0.116. The maximum absolute atomic E-state index is 11.6. The lowest BCUT2D eigenvalue weighted by atomic mass is 10.2. The summed E-state index contributed by atoms with van der Waals surface area (Å²) in [6.07, 6.45) is 2.05. The van der Waals surface area contributed by atoms with Crippen molar-refractivity contribution in [3.63, 3.8) is 0 Å². The van der Waals surface area contributed by atoms with Gasteiger partial charge in [0.25, 0.3) is 0 Å². The molecule has 0 heterocycles. The third-order valence-corrected chi connectivity index (χ3v) is 2.52. The molecular formula is C14H22N2O3. The average molecular weight is 266 g/mol. The van der Waals surface area contributed by atoms with Crippen LogP contribution in [0.4, 0.5) is 11.4 Å². The van der Waals surface area contributed by atoms with Gasteiger partial charge in [-0.25, -0.2) is 0 Å². The Labute approximate surface area is 114 Å². The Bertz CT molecular complexity index is 365. The number of anilines is 2. The second kappa shape index (κ2) is 9.35. The molecule has 5 nitrogen and oxygen atoms in total. The predicted octanol–water partition coefficient (Wildman–Crippen LogP) is 2.04. The van der Waals surface area contributed by atoms with Gasteiger partial charge in [0.1, 0.15) is 0 Å². The maximum atomic E-state index is 11.6. The summed E-state index contributed by atoms with van der Waals surface area (Å²) in [5, 5.41) is 2.81. The van der Waals surface area contributed by atoms with E-state index in [0.717, 1.165) is 12.1 Å². The lowest BCUT2D eigenvalue weighted by Gasteiger charge is -2.06. The van der Waals surface area contributed by atoms with Crippen LogP contribution in [0.3, 0.4) is 0 Å². The number of nitrogen functional groups attached to an aromatic ring is 1. The number of nitrogens with one attached hydrogen (secondary N) is 1. The second-order valence-corrected chi connectivity index (χ2v) is 4.23. The number of carbonyl (C=O) groups excluding carboxylic acids is 1. The van der Waals surface area contributed by atoms with Crippen molar-refractivity contribution in [2.45, 2.75) is 19.3 Å². The highest BCUT2D eigenvalue weighted by Crippen LogP contribution is 2.10. The van der Waals surface area contributed by atoms with Gasteiger partial charge in [0.05, 0.1) is 0 Å². The summed E-state index contributed by atoms with van der Waals surface area (Å²) in [5.74, 6) is -0.00902. The number of amides is 1. The van der Waals surface area contributed by atoms with Crippen LogP contribution in [0.15, 0.2) is 24.3 Å².